The van der Waals surface area contributed by atoms with Gasteiger partial charge in [0, 0.05) is 26.8 Å². The van der Waals surface area contributed by atoms with Crippen molar-refractivity contribution in [2.24, 2.45) is 0 Å². The Bertz CT molecular complexity index is 557. The van der Waals surface area contributed by atoms with E-state index in [0.717, 1.165) is 12.3 Å². The first-order valence-electron chi connectivity index (χ1n) is 7.20. The van der Waals surface area contributed by atoms with Crippen LogP contribution in [0.1, 0.15) is 42.1 Å². The maximum absolute atomic E-state index is 5.67. The van der Waals surface area contributed by atoms with Gasteiger partial charge in [-0.25, -0.2) is 0 Å². The monoisotopic (exact) mass is 367 g/mol. The molecule has 1 N–H and O–H groups in total. The van der Waals surface area contributed by atoms with E-state index in [1.54, 1.807) is 0 Å². The molecule has 4 heteroatoms. The standard InChI is InChI=1S/C17H22BrNOS/c1-11(2)20-15-7-5-14(6-8-15)12(3)19-10-16-9-17(18)13(4)21-16/h5-9,11-12,19H,10H2,1-4H3. The number of rotatable bonds is 6. The van der Waals surface area contributed by atoms with Gasteiger partial charge in [-0.15, -0.1) is 11.3 Å². The molecular weight excluding hydrogens is 346 g/mol. The zero-order valence-corrected chi connectivity index (χ0v) is 15.3. The fraction of sp³-hybridized carbons (Fsp3) is 0.412. The van der Waals surface area contributed by atoms with Gasteiger partial charge in [0.2, 0.25) is 0 Å². The summed E-state index contributed by atoms with van der Waals surface area (Å²) in [5.74, 6) is 0.929. The Labute approximate surface area is 139 Å². The molecule has 21 heavy (non-hydrogen) atoms. The lowest BCUT2D eigenvalue weighted by atomic mass is 10.1. The Hall–Kier alpha value is -0.840. The summed E-state index contributed by atoms with van der Waals surface area (Å²) in [6.45, 7) is 9.30. The summed E-state index contributed by atoms with van der Waals surface area (Å²) in [6, 6.07) is 10.9. The highest BCUT2D eigenvalue weighted by molar-refractivity contribution is 9.10. The molecule has 0 bridgehead atoms. The van der Waals surface area contributed by atoms with E-state index in [0.29, 0.717) is 6.04 Å². The van der Waals surface area contributed by atoms with Crippen molar-refractivity contribution in [3.8, 4) is 5.75 Å². The Morgan fingerprint density at radius 1 is 1.19 bits per heavy atom. The van der Waals surface area contributed by atoms with Crippen LogP contribution in [-0.4, -0.2) is 6.10 Å². The van der Waals surface area contributed by atoms with Crippen molar-refractivity contribution < 1.29 is 4.74 Å². The quantitative estimate of drug-likeness (QED) is 0.731. The predicted octanol–water partition coefficient (Wildman–Crippen LogP) is 5.46. The molecule has 2 nitrogen and oxygen atoms in total. The molecule has 0 saturated carbocycles. The molecule has 2 aromatic rings. The van der Waals surface area contributed by atoms with Crippen molar-refractivity contribution in [3.05, 3.63) is 50.1 Å². The van der Waals surface area contributed by atoms with Crippen LogP contribution in [0.5, 0.6) is 5.75 Å². The maximum Gasteiger partial charge on any atom is 0.119 e. The van der Waals surface area contributed by atoms with Crippen LogP contribution >= 0.6 is 27.3 Å². The first-order valence-corrected chi connectivity index (χ1v) is 8.81. The minimum absolute atomic E-state index is 0.215. The summed E-state index contributed by atoms with van der Waals surface area (Å²) in [7, 11) is 0. The Kier molecular flexibility index (Phi) is 5.85. The molecule has 1 heterocycles. The van der Waals surface area contributed by atoms with Crippen LogP contribution in [-0.2, 0) is 6.54 Å². The van der Waals surface area contributed by atoms with E-state index < -0.39 is 0 Å². The van der Waals surface area contributed by atoms with Crippen molar-refractivity contribution in [1.82, 2.24) is 5.32 Å². The third-order valence-electron chi connectivity index (χ3n) is 3.24. The molecule has 0 aliphatic carbocycles. The number of benzene rings is 1. The van der Waals surface area contributed by atoms with Gasteiger partial charge in [0.15, 0.2) is 0 Å². The van der Waals surface area contributed by atoms with Gasteiger partial charge >= 0.3 is 0 Å². The van der Waals surface area contributed by atoms with Gasteiger partial charge in [0.1, 0.15) is 5.75 Å². The minimum Gasteiger partial charge on any atom is -0.491 e. The van der Waals surface area contributed by atoms with Crippen molar-refractivity contribution >= 4 is 27.3 Å². The Balaban J connectivity index is 1.92. The molecule has 1 atom stereocenters. The molecule has 2 rings (SSSR count). The highest BCUT2D eigenvalue weighted by atomic mass is 79.9. The molecular formula is C17H22BrNOS. The molecule has 114 valence electrons. The number of hydrogen-bond donors (Lipinski definition) is 1. The largest absolute Gasteiger partial charge is 0.491 e. The number of thiophene rings is 1. The zero-order valence-electron chi connectivity index (χ0n) is 12.9. The fourth-order valence-electron chi connectivity index (χ4n) is 2.08. The molecule has 0 fully saturated rings. The van der Waals surface area contributed by atoms with E-state index >= 15 is 0 Å². The molecule has 1 unspecified atom stereocenters. The predicted molar refractivity (Wildman–Crippen MR) is 94.2 cm³/mol. The van der Waals surface area contributed by atoms with Crippen LogP contribution in [0.15, 0.2) is 34.8 Å². The smallest absolute Gasteiger partial charge is 0.119 e. The first kappa shape index (κ1) is 16.5. The van der Waals surface area contributed by atoms with E-state index in [9.17, 15) is 0 Å². The summed E-state index contributed by atoms with van der Waals surface area (Å²) in [4.78, 5) is 2.68. The van der Waals surface area contributed by atoms with Crippen molar-refractivity contribution in [1.29, 1.82) is 0 Å². The van der Waals surface area contributed by atoms with Crippen molar-refractivity contribution in [2.75, 3.05) is 0 Å². The topological polar surface area (TPSA) is 21.3 Å². The zero-order chi connectivity index (χ0) is 15.4. The molecule has 0 amide bonds. The van der Waals surface area contributed by atoms with Crippen molar-refractivity contribution in [3.63, 3.8) is 0 Å². The van der Waals surface area contributed by atoms with Gasteiger partial charge in [-0.3, -0.25) is 0 Å². The Morgan fingerprint density at radius 2 is 1.86 bits per heavy atom. The highest BCUT2D eigenvalue weighted by Crippen LogP contribution is 2.27. The summed E-state index contributed by atoms with van der Waals surface area (Å²) in [5, 5.41) is 3.56. The van der Waals surface area contributed by atoms with Crippen molar-refractivity contribution in [2.45, 2.75) is 46.4 Å². The van der Waals surface area contributed by atoms with E-state index in [-0.39, 0.29) is 6.10 Å². The van der Waals surface area contributed by atoms with E-state index in [1.165, 1.54) is 19.8 Å². The van der Waals surface area contributed by atoms with Gasteiger partial charge in [0.05, 0.1) is 6.10 Å². The third kappa shape index (κ3) is 4.83. The molecule has 0 aliphatic rings. The van der Waals surface area contributed by atoms with Crippen LogP contribution in [0.4, 0.5) is 0 Å². The average Bonchev–Trinajstić information content (AvgIpc) is 2.75. The normalized spacial score (nSPS) is 12.7. The van der Waals surface area contributed by atoms with E-state index in [1.807, 2.05) is 37.3 Å². The number of hydrogen-bond acceptors (Lipinski definition) is 3. The van der Waals surface area contributed by atoms with E-state index in [2.05, 4.69) is 53.3 Å². The molecule has 0 saturated heterocycles. The Morgan fingerprint density at radius 3 is 2.38 bits per heavy atom. The highest BCUT2D eigenvalue weighted by Gasteiger charge is 2.08. The van der Waals surface area contributed by atoms with Crippen LogP contribution in [0.2, 0.25) is 0 Å². The van der Waals surface area contributed by atoms with Crippen LogP contribution < -0.4 is 10.1 Å². The number of nitrogens with one attached hydrogen (secondary N) is 1. The van der Waals surface area contributed by atoms with Gasteiger partial charge < -0.3 is 10.1 Å². The average molecular weight is 368 g/mol. The minimum atomic E-state index is 0.215. The SMILES string of the molecule is Cc1sc(CNC(C)c2ccc(OC(C)C)cc2)cc1Br. The summed E-state index contributed by atoms with van der Waals surface area (Å²) < 4.78 is 6.87. The number of aryl methyl sites for hydroxylation is 1. The second kappa shape index (κ2) is 7.43. The maximum atomic E-state index is 5.67. The number of ether oxygens (including phenoxy) is 1. The summed E-state index contributed by atoms with van der Waals surface area (Å²) >= 11 is 5.40. The van der Waals surface area contributed by atoms with Gasteiger partial charge in [-0.2, -0.15) is 0 Å². The molecule has 1 aromatic carbocycles. The van der Waals surface area contributed by atoms with Crippen LogP contribution in [0, 0.1) is 6.92 Å². The summed E-state index contributed by atoms with van der Waals surface area (Å²) in [6.07, 6.45) is 0.215. The summed E-state index contributed by atoms with van der Waals surface area (Å²) in [5.41, 5.74) is 1.28. The molecule has 0 radical (unpaired) electrons. The fourth-order valence-corrected chi connectivity index (χ4v) is 3.64. The molecule has 0 spiro atoms. The second-order valence-corrected chi connectivity index (χ2v) is 7.65. The first-order chi connectivity index (χ1) is 9.95. The number of halogens is 1. The van der Waals surface area contributed by atoms with Gasteiger partial charge in [-0.1, -0.05) is 12.1 Å². The van der Waals surface area contributed by atoms with Crippen LogP contribution in [0.3, 0.4) is 0 Å². The lowest BCUT2D eigenvalue weighted by molar-refractivity contribution is 0.242. The lowest BCUT2D eigenvalue weighted by Gasteiger charge is -2.15. The third-order valence-corrected chi connectivity index (χ3v) is 5.38. The van der Waals surface area contributed by atoms with E-state index in [4.69, 9.17) is 4.74 Å². The molecule has 1 aromatic heterocycles. The van der Waals surface area contributed by atoms with Crippen LogP contribution in [0.25, 0.3) is 0 Å². The van der Waals surface area contributed by atoms with Gasteiger partial charge in [0.25, 0.3) is 0 Å². The van der Waals surface area contributed by atoms with Gasteiger partial charge in [-0.05, 0) is 67.4 Å². The lowest BCUT2D eigenvalue weighted by Crippen LogP contribution is -2.17. The molecule has 0 aliphatic heterocycles. The second-order valence-electron chi connectivity index (χ2n) is 5.46.